The molecule has 2 heterocycles. The van der Waals surface area contributed by atoms with Crippen LogP contribution in [0.2, 0.25) is 5.02 Å². The van der Waals surface area contributed by atoms with Crippen LogP contribution in [0.5, 0.6) is 0 Å². The molecule has 4 nitrogen and oxygen atoms in total. The number of benzene rings is 1. The van der Waals surface area contributed by atoms with Crippen molar-refractivity contribution in [2.24, 2.45) is 0 Å². The Labute approximate surface area is 177 Å². The Morgan fingerprint density at radius 3 is 2.45 bits per heavy atom. The van der Waals surface area contributed by atoms with Gasteiger partial charge in [-0.05, 0) is 76.9 Å². The third-order valence-corrected chi connectivity index (χ3v) is 6.94. The summed E-state index contributed by atoms with van der Waals surface area (Å²) in [7, 11) is 4.35. The zero-order valence-corrected chi connectivity index (χ0v) is 18.3. The van der Waals surface area contributed by atoms with Gasteiger partial charge in [-0.25, -0.2) is 0 Å². The van der Waals surface area contributed by atoms with Gasteiger partial charge in [0.15, 0.2) is 0 Å². The highest BCUT2D eigenvalue weighted by Crippen LogP contribution is 2.40. The van der Waals surface area contributed by atoms with E-state index in [0.717, 1.165) is 45.5 Å². The number of halogens is 1. The lowest BCUT2D eigenvalue weighted by molar-refractivity contribution is 0.197. The van der Waals surface area contributed by atoms with Crippen molar-refractivity contribution >= 4 is 22.5 Å². The maximum Gasteiger partial charge on any atom is 0.0994 e. The van der Waals surface area contributed by atoms with Crippen LogP contribution >= 0.6 is 11.6 Å². The number of fused-ring (bicyclic) bond motifs is 1. The van der Waals surface area contributed by atoms with Crippen molar-refractivity contribution in [2.75, 3.05) is 14.1 Å². The molecule has 0 spiro atoms. The van der Waals surface area contributed by atoms with E-state index >= 15 is 0 Å². The summed E-state index contributed by atoms with van der Waals surface area (Å²) in [4.78, 5) is 6.72. The van der Waals surface area contributed by atoms with Crippen molar-refractivity contribution in [3.63, 3.8) is 0 Å². The molecule has 1 saturated carbocycles. The van der Waals surface area contributed by atoms with Crippen molar-refractivity contribution < 1.29 is 0 Å². The quantitative estimate of drug-likeness (QED) is 0.544. The first-order chi connectivity index (χ1) is 13.9. The number of nitrogens with zero attached hydrogens (tertiary/aromatic N) is 4. The van der Waals surface area contributed by atoms with Crippen LogP contribution in [-0.2, 0) is 0 Å². The lowest BCUT2D eigenvalue weighted by Gasteiger charge is -2.33. The summed E-state index contributed by atoms with van der Waals surface area (Å²) in [6.07, 6.45) is 10.6. The number of hydrogen-bond acceptors (Lipinski definition) is 3. The lowest BCUT2D eigenvalue weighted by atomic mass is 9.90. The summed E-state index contributed by atoms with van der Waals surface area (Å²) in [5.74, 6) is 0. The summed E-state index contributed by atoms with van der Waals surface area (Å²) in [6.45, 7) is 3.99. The molecule has 1 fully saturated rings. The van der Waals surface area contributed by atoms with E-state index in [1.165, 1.54) is 18.4 Å². The number of nitriles is 1. The highest BCUT2D eigenvalue weighted by molar-refractivity contribution is 6.34. The van der Waals surface area contributed by atoms with E-state index in [2.05, 4.69) is 46.9 Å². The van der Waals surface area contributed by atoms with E-state index in [4.69, 9.17) is 11.6 Å². The van der Waals surface area contributed by atoms with E-state index in [1.807, 2.05) is 26.1 Å². The smallest absolute Gasteiger partial charge is 0.0994 e. The van der Waals surface area contributed by atoms with Gasteiger partial charge in [0, 0.05) is 52.7 Å². The molecule has 5 heteroatoms. The first-order valence-electron chi connectivity index (χ1n) is 10.2. The molecule has 0 radical (unpaired) electrons. The topological polar surface area (TPSA) is 44.9 Å². The summed E-state index contributed by atoms with van der Waals surface area (Å²) in [5, 5.41) is 11.4. The Kier molecular flexibility index (Phi) is 5.38. The van der Waals surface area contributed by atoms with Crippen LogP contribution in [0.15, 0.2) is 30.7 Å². The Hall–Kier alpha value is -2.35. The predicted octanol–water partition coefficient (Wildman–Crippen LogP) is 5.89. The molecule has 0 saturated heterocycles. The number of aryl methyl sites for hydroxylation is 2. The van der Waals surface area contributed by atoms with Gasteiger partial charge in [-0.2, -0.15) is 5.26 Å². The number of pyridine rings is 1. The van der Waals surface area contributed by atoms with Gasteiger partial charge >= 0.3 is 0 Å². The Balaban J connectivity index is 1.87. The van der Waals surface area contributed by atoms with Crippen LogP contribution in [-0.4, -0.2) is 34.6 Å². The molecule has 0 aliphatic heterocycles. The Bertz CT molecular complexity index is 1100. The SMILES string of the molecule is Cc1cc2c(cc1C#N)c(-c1cncc(C)c1Cl)cn2C1CCC(N(C)C)CC1. The van der Waals surface area contributed by atoms with Gasteiger partial charge in [-0.15, -0.1) is 0 Å². The monoisotopic (exact) mass is 406 g/mol. The Morgan fingerprint density at radius 1 is 1.07 bits per heavy atom. The molecule has 1 aliphatic rings. The number of hydrogen-bond donors (Lipinski definition) is 0. The molecule has 150 valence electrons. The molecule has 2 aromatic heterocycles. The second-order valence-corrected chi connectivity index (χ2v) is 8.87. The summed E-state index contributed by atoms with van der Waals surface area (Å²) in [6, 6.07) is 7.64. The first-order valence-corrected chi connectivity index (χ1v) is 10.6. The molecule has 0 N–H and O–H groups in total. The molecule has 1 aliphatic carbocycles. The Morgan fingerprint density at radius 2 is 1.79 bits per heavy atom. The average Bonchev–Trinajstić information content (AvgIpc) is 3.07. The van der Waals surface area contributed by atoms with E-state index in [0.29, 0.717) is 17.6 Å². The van der Waals surface area contributed by atoms with Crippen molar-refractivity contribution in [2.45, 2.75) is 51.6 Å². The highest BCUT2D eigenvalue weighted by Gasteiger charge is 2.26. The van der Waals surface area contributed by atoms with Crippen LogP contribution < -0.4 is 0 Å². The average molecular weight is 407 g/mol. The fourth-order valence-corrected chi connectivity index (χ4v) is 4.83. The fourth-order valence-electron chi connectivity index (χ4n) is 4.63. The molecular formula is C24H27ClN4. The molecule has 29 heavy (non-hydrogen) atoms. The standard InChI is InChI=1S/C24H27ClN4/c1-15-9-23-20(10-17(15)11-26)22(21-13-27-12-16(2)24(21)25)14-29(23)19-7-5-18(6-8-19)28(3)4/h9-10,12-14,18-19H,5-8H2,1-4H3. The van der Waals surface area contributed by atoms with E-state index in [9.17, 15) is 5.26 Å². The van der Waals surface area contributed by atoms with Gasteiger partial charge in [-0.3, -0.25) is 4.98 Å². The highest BCUT2D eigenvalue weighted by atomic mass is 35.5. The predicted molar refractivity (Wildman–Crippen MR) is 119 cm³/mol. The minimum Gasteiger partial charge on any atom is -0.344 e. The van der Waals surface area contributed by atoms with Crippen molar-refractivity contribution in [3.8, 4) is 17.2 Å². The molecule has 0 amide bonds. The number of aromatic nitrogens is 2. The van der Waals surface area contributed by atoms with Crippen molar-refractivity contribution in [1.82, 2.24) is 14.5 Å². The summed E-state index contributed by atoms with van der Waals surface area (Å²) in [5.41, 5.74) is 5.87. The molecule has 0 bridgehead atoms. The van der Waals surface area contributed by atoms with Gasteiger partial charge in [-0.1, -0.05) is 11.6 Å². The fraction of sp³-hybridized carbons (Fsp3) is 0.417. The summed E-state index contributed by atoms with van der Waals surface area (Å²) >= 11 is 6.66. The molecular weight excluding hydrogens is 380 g/mol. The molecule has 3 aromatic rings. The van der Waals surface area contributed by atoms with Gasteiger partial charge in [0.05, 0.1) is 16.7 Å². The van der Waals surface area contributed by atoms with E-state index in [1.54, 1.807) is 6.20 Å². The zero-order chi connectivity index (χ0) is 20.7. The van der Waals surface area contributed by atoms with Crippen molar-refractivity contribution in [3.05, 3.63) is 52.4 Å². The van der Waals surface area contributed by atoms with E-state index < -0.39 is 0 Å². The van der Waals surface area contributed by atoms with Gasteiger partial charge < -0.3 is 9.47 Å². The third-order valence-electron chi connectivity index (χ3n) is 6.43. The van der Waals surface area contributed by atoms with Crippen LogP contribution in [0.4, 0.5) is 0 Å². The molecule has 1 aromatic carbocycles. The largest absolute Gasteiger partial charge is 0.344 e. The van der Waals surface area contributed by atoms with Gasteiger partial charge in [0.1, 0.15) is 0 Å². The number of rotatable bonds is 3. The minimum atomic E-state index is 0.464. The van der Waals surface area contributed by atoms with Gasteiger partial charge in [0.25, 0.3) is 0 Å². The van der Waals surface area contributed by atoms with E-state index in [-0.39, 0.29) is 0 Å². The van der Waals surface area contributed by atoms with Gasteiger partial charge in [0.2, 0.25) is 0 Å². The first kappa shape index (κ1) is 19.9. The molecule has 0 unspecified atom stereocenters. The second-order valence-electron chi connectivity index (χ2n) is 8.49. The lowest BCUT2D eigenvalue weighted by Crippen LogP contribution is -2.32. The van der Waals surface area contributed by atoms with Crippen LogP contribution in [0.1, 0.15) is 48.4 Å². The maximum absolute atomic E-state index is 9.57. The third kappa shape index (κ3) is 3.54. The second kappa shape index (κ2) is 7.82. The summed E-state index contributed by atoms with van der Waals surface area (Å²) < 4.78 is 2.42. The molecule has 4 rings (SSSR count). The van der Waals surface area contributed by atoms with Crippen LogP contribution in [0.3, 0.4) is 0 Å². The maximum atomic E-state index is 9.57. The minimum absolute atomic E-state index is 0.464. The zero-order valence-electron chi connectivity index (χ0n) is 17.5. The van der Waals surface area contributed by atoms with Crippen molar-refractivity contribution in [1.29, 1.82) is 5.26 Å². The molecule has 0 atom stereocenters. The normalized spacial score (nSPS) is 19.6. The van der Waals surface area contributed by atoms with Crippen LogP contribution in [0.25, 0.3) is 22.0 Å². The van der Waals surface area contributed by atoms with Crippen LogP contribution in [0, 0.1) is 25.2 Å².